The van der Waals surface area contributed by atoms with Crippen molar-refractivity contribution in [1.82, 2.24) is 30.0 Å². The number of amides is 2. The van der Waals surface area contributed by atoms with Gasteiger partial charge < -0.3 is 14.8 Å². The van der Waals surface area contributed by atoms with Crippen molar-refractivity contribution in [2.24, 2.45) is 5.92 Å². The van der Waals surface area contributed by atoms with E-state index < -0.39 is 0 Å². The number of aromatic nitrogens is 4. The van der Waals surface area contributed by atoms with Crippen molar-refractivity contribution >= 4 is 11.8 Å². The topological polar surface area (TPSA) is 115 Å². The van der Waals surface area contributed by atoms with E-state index in [1.165, 1.54) is 0 Å². The molecule has 1 saturated heterocycles. The Hall–Kier alpha value is -2.97. The van der Waals surface area contributed by atoms with E-state index in [1.807, 2.05) is 24.8 Å². The average molecular weight is 425 g/mol. The summed E-state index contributed by atoms with van der Waals surface area (Å²) in [6.45, 7) is 6.17. The summed E-state index contributed by atoms with van der Waals surface area (Å²) in [7, 11) is 0. The molecule has 4 heterocycles. The third-order valence-electron chi connectivity index (χ3n) is 6.63. The highest BCUT2D eigenvalue weighted by atomic mass is 16.2. The number of nitrogens with zero attached hydrogens (tertiary/aromatic N) is 4. The molecule has 164 valence electrons. The van der Waals surface area contributed by atoms with E-state index in [4.69, 9.17) is 4.98 Å². The van der Waals surface area contributed by atoms with Crippen molar-refractivity contribution in [3.05, 3.63) is 44.9 Å². The molecule has 5 rings (SSSR count). The summed E-state index contributed by atoms with van der Waals surface area (Å²) in [5.74, 6) is 1.11. The number of fused-ring (bicyclic) bond motifs is 1. The van der Waals surface area contributed by atoms with Gasteiger partial charge in [0.2, 0.25) is 5.91 Å². The molecule has 2 fully saturated rings. The summed E-state index contributed by atoms with van der Waals surface area (Å²) in [5, 5.41) is 7.10. The minimum atomic E-state index is -0.114. The van der Waals surface area contributed by atoms with Crippen LogP contribution in [0.3, 0.4) is 0 Å². The highest BCUT2D eigenvalue weighted by Gasteiger charge is 2.36. The van der Waals surface area contributed by atoms with Crippen LogP contribution in [0.5, 0.6) is 0 Å². The van der Waals surface area contributed by atoms with E-state index in [2.05, 4.69) is 15.2 Å². The number of carbonyl (C=O) groups excluding carboxylic acids is 2. The minimum absolute atomic E-state index is 0.0278. The van der Waals surface area contributed by atoms with Crippen LogP contribution < -0.4 is 5.56 Å². The molecule has 2 aromatic rings. The third kappa shape index (κ3) is 3.77. The molecule has 3 aliphatic rings. The lowest BCUT2D eigenvalue weighted by molar-refractivity contribution is -0.133. The van der Waals surface area contributed by atoms with Crippen molar-refractivity contribution < 1.29 is 9.59 Å². The Morgan fingerprint density at radius 2 is 1.97 bits per heavy atom. The number of rotatable bonds is 4. The first-order valence-corrected chi connectivity index (χ1v) is 11.2. The normalized spacial score (nSPS) is 20.9. The van der Waals surface area contributed by atoms with Crippen LogP contribution in [0.15, 0.2) is 10.9 Å². The van der Waals surface area contributed by atoms with Gasteiger partial charge in [0.05, 0.1) is 12.2 Å². The van der Waals surface area contributed by atoms with Gasteiger partial charge in [-0.2, -0.15) is 5.10 Å². The monoisotopic (exact) mass is 424 g/mol. The fourth-order valence-electron chi connectivity index (χ4n) is 4.50. The molecule has 0 radical (unpaired) electrons. The zero-order chi connectivity index (χ0) is 21.7. The van der Waals surface area contributed by atoms with E-state index in [9.17, 15) is 14.4 Å². The first kappa shape index (κ1) is 20.0. The smallest absolute Gasteiger partial charge is 0.274 e. The van der Waals surface area contributed by atoms with E-state index in [-0.39, 0.29) is 35.1 Å². The van der Waals surface area contributed by atoms with Crippen LogP contribution in [0.2, 0.25) is 0 Å². The van der Waals surface area contributed by atoms with Crippen molar-refractivity contribution in [2.45, 2.75) is 57.9 Å². The fourth-order valence-corrected chi connectivity index (χ4v) is 4.50. The van der Waals surface area contributed by atoms with Crippen molar-refractivity contribution in [1.29, 1.82) is 0 Å². The number of hydrogen-bond acceptors (Lipinski definition) is 5. The summed E-state index contributed by atoms with van der Waals surface area (Å²) in [4.78, 5) is 49.3. The number of likely N-dealkylation sites (tertiary alicyclic amines) is 1. The molecular formula is C22H28N6O3. The molecular weight excluding hydrogens is 396 g/mol. The highest BCUT2D eigenvalue weighted by molar-refractivity contribution is 5.92. The molecule has 1 aliphatic carbocycles. The second-order valence-electron chi connectivity index (χ2n) is 9.26. The molecule has 0 spiro atoms. The van der Waals surface area contributed by atoms with Gasteiger partial charge in [-0.1, -0.05) is 13.8 Å². The van der Waals surface area contributed by atoms with E-state index >= 15 is 0 Å². The van der Waals surface area contributed by atoms with Crippen molar-refractivity contribution in [3.63, 3.8) is 0 Å². The van der Waals surface area contributed by atoms with E-state index in [0.717, 1.165) is 25.0 Å². The maximum absolute atomic E-state index is 12.9. The summed E-state index contributed by atoms with van der Waals surface area (Å²) in [6, 6.07) is 1.81. The second kappa shape index (κ2) is 7.62. The van der Waals surface area contributed by atoms with Crippen LogP contribution in [-0.4, -0.2) is 61.4 Å². The molecule has 31 heavy (non-hydrogen) atoms. The van der Waals surface area contributed by atoms with Crippen molar-refractivity contribution in [3.8, 4) is 0 Å². The Kier molecular flexibility index (Phi) is 4.91. The molecule has 2 aromatic heterocycles. The quantitative estimate of drug-likeness (QED) is 0.773. The Bertz CT molecular complexity index is 1080. The minimum Gasteiger partial charge on any atom is -0.336 e. The Balaban J connectivity index is 1.31. The lowest BCUT2D eigenvalue weighted by Crippen LogP contribution is -2.40. The predicted molar refractivity (Wildman–Crippen MR) is 113 cm³/mol. The van der Waals surface area contributed by atoms with Crippen LogP contribution in [0.4, 0.5) is 0 Å². The van der Waals surface area contributed by atoms with Gasteiger partial charge in [-0.25, -0.2) is 4.98 Å². The first-order valence-electron chi connectivity index (χ1n) is 11.2. The third-order valence-corrected chi connectivity index (χ3v) is 6.63. The average Bonchev–Trinajstić information content (AvgIpc) is 3.27. The van der Waals surface area contributed by atoms with E-state index in [1.54, 1.807) is 4.90 Å². The largest absolute Gasteiger partial charge is 0.336 e. The number of H-pyrrole nitrogens is 2. The molecule has 2 amide bonds. The van der Waals surface area contributed by atoms with E-state index in [0.29, 0.717) is 55.4 Å². The lowest BCUT2D eigenvalue weighted by atomic mass is 10.0. The van der Waals surface area contributed by atoms with Gasteiger partial charge in [0.1, 0.15) is 11.5 Å². The molecule has 1 saturated carbocycles. The van der Waals surface area contributed by atoms with Gasteiger partial charge in [0.25, 0.3) is 11.5 Å². The van der Waals surface area contributed by atoms with Crippen LogP contribution in [0.1, 0.15) is 78.2 Å². The summed E-state index contributed by atoms with van der Waals surface area (Å²) in [5.41, 5.74) is 2.64. The molecule has 0 aromatic carbocycles. The standard InChI is InChI=1S/C22H28N6O3/c1-12(2)16-9-17(26-25-16)22(31)27-7-5-14(10-27)19-23-18-11-28(21(30)13-3-4-13)8-6-15(18)20(29)24-19/h9,12-14H,3-8,10-11H2,1-2H3,(H,25,26)(H,23,24,29)/t14-/m0/s1. The number of aromatic amines is 2. The zero-order valence-corrected chi connectivity index (χ0v) is 18.0. The predicted octanol–water partition coefficient (Wildman–Crippen LogP) is 1.54. The summed E-state index contributed by atoms with van der Waals surface area (Å²) < 4.78 is 0. The molecule has 9 nitrogen and oxygen atoms in total. The number of hydrogen-bond donors (Lipinski definition) is 2. The SMILES string of the molecule is CC(C)c1cc(C(=O)N2CC[C@H](c3nc4c(c(=O)[nH]3)CCN(C(=O)C3CC3)C4)C2)n[nH]1. The van der Waals surface area contributed by atoms with Gasteiger partial charge in [0.15, 0.2) is 0 Å². The summed E-state index contributed by atoms with van der Waals surface area (Å²) in [6.07, 6.45) is 3.22. The van der Waals surface area contributed by atoms with Gasteiger partial charge >= 0.3 is 0 Å². The second-order valence-corrected chi connectivity index (χ2v) is 9.26. The number of nitrogens with one attached hydrogen (secondary N) is 2. The maximum Gasteiger partial charge on any atom is 0.274 e. The zero-order valence-electron chi connectivity index (χ0n) is 18.0. The maximum atomic E-state index is 12.9. The molecule has 2 aliphatic heterocycles. The Morgan fingerprint density at radius 1 is 1.16 bits per heavy atom. The highest BCUT2D eigenvalue weighted by Crippen LogP contribution is 2.32. The lowest BCUT2D eigenvalue weighted by Gasteiger charge is -2.28. The molecule has 1 atom stereocenters. The molecule has 0 bridgehead atoms. The fraction of sp³-hybridized carbons (Fsp3) is 0.591. The van der Waals surface area contributed by atoms with Gasteiger partial charge in [0, 0.05) is 42.7 Å². The van der Waals surface area contributed by atoms with Gasteiger partial charge in [-0.15, -0.1) is 0 Å². The molecule has 2 N–H and O–H groups in total. The first-order chi connectivity index (χ1) is 14.9. The van der Waals surface area contributed by atoms with Crippen molar-refractivity contribution in [2.75, 3.05) is 19.6 Å². The molecule has 0 unspecified atom stereocenters. The van der Waals surface area contributed by atoms with Crippen LogP contribution in [-0.2, 0) is 17.8 Å². The number of carbonyl (C=O) groups is 2. The van der Waals surface area contributed by atoms with Crippen LogP contribution >= 0.6 is 0 Å². The Morgan fingerprint density at radius 3 is 2.68 bits per heavy atom. The Labute approximate surface area is 180 Å². The van der Waals surface area contributed by atoms with Crippen LogP contribution in [0, 0.1) is 5.92 Å². The van der Waals surface area contributed by atoms with Crippen LogP contribution in [0.25, 0.3) is 0 Å². The van der Waals surface area contributed by atoms with Gasteiger partial charge in [-0.3, -0.25) is 19.5 Å². The van der Waals surface area contributed by atoms with Gasteiger partial charge in [-0.05, 0) is 37.7 Å². The summed E-state index contributed by atoms with van der Waals surface area (Å²) >= 11 is 0. The molecule has 9 heteroatoms.